The van der Waals surface area contributed by atoms with Gasteiger partial charge in [-0.15, -0.1) is 11.3 Å². The van der Waals surface area contributed by atoms with Gasteiger partial charge in [-0.05, 0) is 30.3 Å². The smallest absolute Gasteiger partial charge is 0.236 e. The van der Waals surface area contributed by atoms with Crippen molar-refractivity contribution in [2.75, 3.05) is 25.3 Å². The van der Waals surface area contributed by atoms with E-state index >= 15 is 0 Å². The molecule has 0 atom stereocenters. The lowest BCUT2D eigenvalue weighted by Crippen LogP contribution is -2.13. The number of H-pyrrole nitrogens is 1. The summed E-state index contributed by atoms with van der Waals surface area (Å²) in [4.78, 5) is 24.5. The van der Waals surface area contributed by atoms with Crippen molar-refractivity contribution >= 4 is 45.2 Å². The van der Waals surface area contributed by atoms with Gasteiger partial charge in [0.25, 0.3) is 0 Å². The highest BCUT2D eigenvalue weighted by Gasteiger charge is 2.14. The van der Waals surface area contributed by atoms with Gasteiger partial charge in [-0.3, -0.25) is 4.79 Å². The zero-order chi connectivity index (χ0) is 20.2. The monoisotopic (exact) mass is 426 g/mol. The Hall–Kier alpha value is -3.04. The summed E-state index contributed by atoms with van der Waals surface area (Å²) in [6, 6.07) is 13.3. The maximum atomic E-state index is 12.3. The third-order valence-electron chi connectivity index (χ3n) is 4.14. The number of rotatable bonds is 7. The van der Waals surface area contributed by atoms with Crippen LogP contribution in [0.3, 0.4) is 0 Å². The summed E-state index contributed by atoms with van der Waals surface area (Å²) in [5.74, 6) is 1.49. The SMILES string of the molecule is COc1ccc(OC)c(-c2csc(NC(=O)CSc3nc4ccccc4[nH]3)n2)c1. The quantitative estimate of drug-likeness (QED) is 0.425. The first-order chi connectivity index (χ1) is 14.2. The number of para-hydroxylation sites is 2. The minimum Gasteiger partial charge on any atom is -0.497 e. The topological polar surface area (TPSA) is 89.1 Å². The van der Waals surface area contributed by atoms with Crippen LogP contribution in [0.25, 0.3) is 22.3 Å². The number of imidazole rings is 1. The lowest BCUT2D eigenvalue weighted by molar-refractivity contribution is -0.113. The van der Waals surface area contributed by atoms with Crippen molar-refractivity contribution in [3.8, 4) is 22.8 Å². The predicted octanol–water partition coefficient (Wildman–Crippen LogP) is 4.43. The number of ether oxygens (including phenoxy) is 2. The highest BCUT2D eigenvalue weighted by atomic mass is 32.2. The molecule has 148 valence electrons. The fourth-order valence-electron chi connectivity index (χ4n) is 2.76. The second kappa shape index (κ2) is 8.54. The number of carbonyl (C=O) groups excluding carboxylic acids is 1. The fourth-order valence-corrected chi connectivity index (χ4v) is 4.17. The number of benzene rings is 2. The number of amides is 1. The molecule has 0 aliphatic rings. The zero-order valence-electron chi connectivity index (χ0n) is 15.8. The summed E-state index contributed by atoms with van der Waals surface area (Å²) in [6.07, 6.45) is 0. The Bertz CT molecular complexity index is 1120. The van der Waals surface area contributed by atoms with Crippen LogP contribution in [-0.4, -0.2) is 40.8 Å². The van der Waals surface area contributed by atoms with Crippen LogP contribution in [0.5, 0.6) is 11.5 Å². The molecule has 0 aliphatic carbocycles. The van der Waals surface area contributed by atoms with Gasteiger partial charge in [0.2, 0.25) is 5.91 Å². The Morgan fingerprint density at radius 2 is 2.03 bits per heavy atom. The molecule has 2 heterocycles. The number of anilines is 1. The summed E-state index contributed by atoms with van der Waals surface area (Å²) in [7, 11) is 3.22. The molecule has 7 nitrogen and oxygen atoms in total. The van der Waals surface area contributed by atoms with Crippen LogP contribution in [0.1, 0.15) is 0 Å². The Balaban J connectivity index is 1.41. The molecule has 0 saturated carbocycles. The number of hydrogen-bond acceptors (Lipinski definition) is 7. The minimum absolute atomic E-state index is 0.144. The largest absolute Gasteiger partial charge is 0.497 e. The predicted molar refractivity (Wildman–Crippen MR) is 116 cm³/mol. The molecule has 4 aromatic rings. The van der Waals surface area contributed by atoms with Crippen molar-refractivity contribution in [3.05, 3.63) is 47.8 Å². The fraction of sp³-hybridized carbons (Fsp3) is 0.150. The van der Waals surface area contributed by atoms with Crippen molar-refractivity contribution in [2.24, 2.45) is 0 Å². The molecular formula is C20H18N4O3S2. The van der Waals surface area contributed by atoms with Gasteiger partial charge in [-0.1, -0.05) is 23.9 Å². The third-order valence-corrected chi connectivity index (χ3v) is 5.77. The van der Waals surface area contributed by atoms with Crippen LogP contribution in [0.15, 0.2) is 53.0 Å². The second-order valence-corrected chi connectivity index (χ2v) is 7.82. The molecule has 1 amide bonds. The number of aromatic nitrogens is 3. The lowest BCUT2D eigenvalue weighted by atomic mass is 10.1. The maximum Gasteiger partial charge on any atom is 0.236 e. The number of nitrogens with zero attached hydrogens (tertiary/aromatic N) is 2. The van der Waals surface area contributed by atoms with E-state index in [9.17, 15) is 4.79 Å². The second-order valence-electron chi connectivity index (χ2n) is 6.00. The molecule has 9 heteroatoms. The Morgan fingerprint density at radius 1 is 1.17 bits per heavy atom. The van der Waals surface area contributed by atoms with Gasteiger partial charge in [0, 0.05) is 10.9 Å². The van der Waals surface area contributed by atoms with E-state index in [1.165, 1.54) is 23.1 Å². The van der Waals surface area contributed by atoms with Gasteiger partial charge in [0.05, 0.1) is 36.7 Å². The number of hydrogen-bond donors (Lipinski definition) is 2. The number of methoxy groups -OCH3 is 2. The van der Waals surface area contributed by atoms with E-state index in [1.807, 2.05) is 47.8 Å². The van der Waals surface area contributed by atoms with E-state index in [0.717, 1.165) is 16.6 Å². The average molecular weight is 427 g/mol. The van der Waals surface area contributed by atoms with Gasteiger partial charge in [0.15, 0.2) is 10.3 Å². The van der Waals surface area contributed by atoms with Crippen molar-refractivity contribution in [3.63, 3.8) is 0 Å². The van der Waals surface area contributed by atoms with E-state index in [1.54, 1.807) is 14.2 Å². The molecule has 0 radical (unpaired) electrons. The Morgan fingerprint density at radius 3 is 2.83 bits per heavy atom. The van der Waals surface area contributed by atoms with E-state index in [4.69, 9.17) is 9.47 Å². The third kappa shape index (κ3) is 4.36. The molecule has 0 unspecified atom stereocenters. The normalized spacial score (nSPS) is 10.8. The molecule has 0 saturated heterocycles. The number of nitrogens with one attached hydrogen (secondary N) is 2. The van der Waals surface area contributed by atoms with Crippen LogP contribution in [0.2, 0.25) is 0 Å². The van der Waals surface area contributed by atoms with Gasteiger partial charge in [-0.25, -0.2) is 9.97 Å². The van der Waals surface area contributed by atoms with Crippen LogP contribution in [-0.2, 0) is 4.79 Å². The molecule has 2 aromatic heterocycles. The van der Waals surface area contributed by atoms with Gasteiger partial charge >= 0.3 is 0 Å². The summed E-state index contributed by atoms with van der Waals surface area (Å²) in [6.45, 7) is 0. The highest BCUT2D eigenvalue weighted by molar-refractivity contribution is 7.99. The van der Waals surface area contributed by atoms with E-state index in [0.29, 0.717) is 27.5 Å². The molecule has 2 aromatic carbocycles. The van der Waals surface area contributed by atoms with Crippen LogP contribution in [0.4, 0.5) is 5.13 Å². The summed E-state index contributed by atoms with van der Waals surface area (Å²) < 4.78 is 10.7. The van der Waals surface area contributed by atoms with Gasteiger partial charge in [0.1, 0.15) is 11.5 Å². The maximum absolute atomic E-state index is 12.3. The summed E-state index contributed by atoms with van der Waals surface area (Å²) >= 11 is 2.71. The average Bonchev–Trinajstić information content (AvgIpc) is 3.38. The molecule has 2 N–H and O–H groups in total. The van der Waals surface area contributed by atoms with Crippen LogP contribution >= 0.6 is 23.1 Å². The number of carbonyl (C=O) groups is 1. The highest BCUT2D eigenvalue weighted by Crippen LogP contribution is 2.35. The lowest BCUT2D eigenvalue weighted by Gasteiger charge is -2.08. The van der Waals surface area contributed by atoms with Crippen LogP contribution in [0, 0.1) is 0 Å². The van der Waals surface area contributed by atoms with Crippen molar-refractivity contribution in [1.29, 1.82) is 0 Å². The summed E-state index contributed by atoms with van der Waals surface area (Å²) in [5.41, 5.74) is 3.35. The molecule has 0 fully saturated rings. The first-order valence-electron chi connectivity index (χ1n) is 8.71. The standard InChI is InChI=1S/C20H18N4O3S2/c1-26-12-7-8-17(27-2)13(9-12)16-10-28-20(23-16)24-18(25)11-29-19-21-14-5-3-4-6-15(14)22-19/h3-10H,11H2,1-2H3,(H,21,22)(H,23,24,25). The minimum atomic E-state index is -0.144. The molecule has 0 bridgehead atoms. The van der Waals surface area contributed by atoms with Crippen molar-refractivity contribution in [1.82, 2.24) is 15.0 Å². The first-order valence-corrected chi connectivity index (χ1v) is 10.6. The van der Waals surface area contributed by atoms with E-state index in [-0.39, 0.29) is 11.7 Å². The summed E-state index contributed by atoms with van der Waals surface area (Å²) in [5, 5.41) is 5.95. The number of thiazole rings is 1. The first kappa shape index (κ1) is 19.3. The number of thioether (sulfide) groups is 1. The van der Waals surface area contributed by atoms with E-state index in [2.05, 4.69) is 20.3 Å². The number of fused-ring (bicyclic) bond motifs is 1. The molecule has 4 rings (SSSR count). The van der Waals surface area contributed by atoms with Crippen molar-refractivity contribution < 1.29 is 14.3 Å². The molecular weight excluding hydrogens is 408 g/mol. The van der Waals surface area contributed by atoms with Gasteiger partial charge in [-0.2, -0.15) is 0 Å². The molecule has 0 spiro atoms. The Labute approximate surface area is 175 Å². The Kier molecular flexibility index (Phi) is 5.68. The van der Waals surface area contributed by atoms with Gasteiger partial charge < -0.3 is 19.8 Å². The molecule has 29 heavy (non-hydrogen) atoms. The van der Waals surface area contributed by atoms with E-state index < -0.39 is 0 Å². The molecule has 0 aliphatic heterocycles. The zero-order valence-corrected chi connectivity index (χ0v) is 17.4. The number of aromatic amines is 1. The van der Waals surface area contributed by atoms with Crippen molar-refractivity contribution in [2.45, 2.75) is 5.16 Å². The van der Waals surface area contributed by atoms with Crippen LogP contribution < -0.4 is 14.8 Å².